The van der Waals surface area contributed by atoms with Crippen molar-refractivity contribution in [3.05, 3.63) is 11.6 Å². The zero-order valence-corrected chi connectivity index (χ0v) is 32.6. The fourth-order valence-corrected chi connectivity index (χ4v) is 12.7. The van der Waals surface area contributed by atoms with Crippen LogP contribution >= 0.6 is 11.8 Å². The highest BCUT2D eigenvalue weighted by atomic mass is 32.2. The number of fused-ring (bicyclic) bond motifs is 5. The molecule has 5 aliphatic rings. The molecule has 0 spiro atoms. The second-order valence-electron chi connectivity index (χ2n) is 17.9. The Morgan fingerprint density at radius 2 is 1.82 bits per heavy atom. The molecule has 3 saturated carbocycles. The zero-order valence-electron chi connectivity index (χ0n) is 31.8. The van der Waals surface area contributed by atoms with Crippen molar-refractivity contribution in [2.75, 3.05) is 19.0 Å². The van der Waals surface area contributed by atoms with E-state index < -0.39 is 23.4 Å². The van der Waals surface area contributed by atoms with Gasteiger partial charge in [0.25, 0.3) is 0 Å². The molecule has 282 valence electrons. The van der Waals surface area contributed by atoms with Gasteiger partial charge in [0.05, 0.1) is 18.8 Å². The number of hydrogen-bond acceptors (Lipinski definition) is 7. The normalized spacial score (nSPS) is 41.1. The first-order valence-corrected chi connectivity index (χ1v) is 21.2. The molecule has 49 heavy (non-hydrogen) atoms. The molecule has 1 heterocycles. The van der Waals surface area contributed by atoms with Crippen molar-refractivity contribution in [2.24, 2.45) is 46.3 Å². The van der Waals surface area contributed by atoms with Gasteiger partial charge in [0, 0.05) is 20.0 Å². The van der Waals surface area contributed by atoms with Crippen LogP contribution in [0.4, 0.5) is 0 Å². The first kappa shape index (κ1) is 39.6. The summed E-state index contributed by atoms with van der Waals surface area (Å²) < 4.78 is 12.3. The summed E-state index contributed by atoms with van der Waals surface area (Å²) in [6.07, 6.45) is 20.2. The van der Waals surface area contributed by atoms with Gasteiger partial charge in [-0.3, -0.25) is 4.79 Å². The summed E-state index contributed by atoms with van der Waals surface area (Å²) in [7, 11) is 0. The summed E-state index contributed by atoms with van der Waals surface area (Å²) >= 11 is 1.43. The number of ether oxygens (including phenoxy) is 2. The topological polar surface area (TPSA) is 108 Å². The number of aliphatic hydroxyl groups excluding tert-OH is 2. The van der Waals surface area contributed by atoms with Crippen LogP contribution in [0.3, 0.4) is 0 Å². The van der Waals surface area contributed by atoms with Crippen molar-refractivity contribution in [3.8, 4) is 0 Å². The lowest BCUT2D eigenvalue weighted by molar-refractivity contribution is -0.205. The number of amides is 1. The minimum absolute atomic E-state index is 0.0657. The summed E-state index contributed by atoms with van der Waals surface area (Å²) in [6, 6.07) is 0. The molecule has 4 fully saturated rings. The maximum atomic E-state index is 11.7. The Morgan fingerprint density at radius 1 is 1.04 bits per heavy atom. The molecule has 0 aromatic heterocycles. The van der Waals surface area contributed by atoms with Crippen molar-refractivity contribution in [1.82, 2.24) is 5.32 Å². The molecule has 8 heteroatoms. The van der Waals surface area contributed by atoms with Crippen LogP contribution < -0.4 is 5.32 Å². The molecule has 1 aliphatic heterocycles. The number of thioether (sulfide) groups is 1. The van der Waals surface area contributed by atoms with E-state index in [2.05, 4.69) is 46.0 Å². The van der Waals surface area contributed by atoms with E-state index in [0.29, 0.717) is 16.9 Å². The van der Waals surface area contributed by atoms with E-state index in [4.69, 9.17) is 9.47 Å². The lowest BCUT2D eigenvalue weighted by Crippen LogP contribution is -2.63. The summed E-state index contributed by atoms with van der Waals surface area (Å²) in [5, 5.41) is 33.3. The van der Waals surface area contributed by atoms with Crippen LogP contribution in [0.15, 0.2) is 11.6 Å². The van der Waals surface area contributed by atoms with E-state index in [9.17, 15) is 20.1 Å². The maximum absolute atomic E-state index is 11.7. The largest absolute Gasteiger partial charge is 0.394 e. The molecular formula is C41H71NO6S. The third-order valence-corrected chi connectivity index (χ3v) is 15.5. The van der Waals surface area contributed by atoms with Crippen LogP contribution in [-0.4, -0.2) is 69.7 Å². The minimum Gasteiger partial charge on any atom is -0.394 e. The molecule has 0 aromatic carbocycles. The molecule has 4 aliphatic carbocycles. The predicted octanol–water partition coefficient (Wildman–Crippen LogP) is 8.00. The fraction of sp³-hybridized carbons (Fsp3) is 0.927. The first-order valence-electron chi connectivity index (χ1n) is 20.2. The van der Waals surface area contributed by atoms with Crippen molar-refractivity contribution in [3.63, 3.8) is 0 Å². The van der Waals surface area contributed by atoms with E-state index in [-0.39, 0.29) is 18.9 Å². The number of carbonyl (C=O) groups excluding carboxylic acids is 1. The number of unbranched alkanes of at least 4 members (excludes halogenated alkanes) is 3. The van der Waals surface area contributed by atoms with Gasteiger partial charge in [0.15, 0.2) is 11.2 Å². The third kappa shape index (κ3) is 8.95. The van der Waals surface area contributed by atoms with Crippen LogP contribution in [0, 0.1) is 46.3 Å². The van der Waals surface area contributed by atoms with Gasteiger partial charge in [-0.25, -0.2) is 0 Å². The maximum Gasteiger partial charge on any atom is 0.219 e. The molecule has 12 atom stereocenters. The monoisotopic (exact) mass is 706 g/mol. The molecule has 0 bridgehead atoms. The van der Waals surface area contributed by atoms with Gasteiger partial charge in [0.1, 0.15) is 6.10 Å². The highest BCUT2D eigenvalue weighted by molar-refractivity contribution is 7.99. The minimum atomic E-state index is -1.65. The van der Waals surface area contributed by atoms with Crippen molar-refractivity contribution in [1.29, 1.82) is 0 Å². The number of carbonyl (C=O) groups is 1. The standard InChI is InChI=1S/C41H71NO6S/c1-27(2)12-11-13-28(3)33-16-17-34-32-15-14-30-24-31(18-20-39(30,5)35(32)19-21-40(33,34)6)47-22-9-7-8-10-23-49-38-41(46,42-29(4)44)25-36(45)37(26-43)48-38/h14,27-28,31-38,43,45-46H,7-13,15-26H2,1-6H3,(H,42,44)/t28-,31?,32+,33-,34+,35+,36-,37-,38+,39+,40-,41-/m1/s1. The van der Waals surface area contributed by atoms with Crippen molar-refractivity contribution >= 4 is 17.7 Å². The lowest BCUT2D eigenvalue weighted by atomic mass is 9.47. The SMILES string of the molecule is CC(=O)N[C@@]1(O)C[C@@H](O)[C@@H](CO)O[C@H]1SCCCCCCOC1CC[C@@]2(C)C(=CC[C@H]3[C@@H]4CC[C@H]([C@H](C)CCCC(C)C)[C@@]4(C)CC[C@@H]32)C1. The van der Waals surface area contributed by atoms with Crippen LogP contribution in [0.25, 0.3) is 0 Å². The molecule has 5 rings (SSSR count). The predicted molar refractivity (Wildman–Crippen MR) is 199 cm³/mol. The van der Waals surface area contributed by atoms with Gasteiger partial charge in [0.2, 0.25) is 5.91 Å². The summed E-state index contributed by atoms with van der Waals surface area (Å²) in [6.45, 7) is 14.5. The molecule has 1 saturated heterocycles. The summed E-state index contributed by atoms with van der Waals surface area (Å²) in [4.78, 5) is 11.7. The lowest BCUT2D eigenvalue weighted by Gasteiger charge is -2.58. The average molecular weight is 706 g/mol. The number of hydrogen-bond donors (Lipinski definition) is 4. The number of nitrogens with one attached hydrogen (secondary N) is 1. The number of aliphatic hydroxyl groups is 3. The quantitative estimate of drug-likeness (QED) is 0.0733. The highest BCUT2D eigenvalue weighted by Gasteiger charge is 2.59. The number of rotatable bonds is 16. The second-order valence-corrected chi connectivity index (χ2v) is 19.0. The van der Waals surface area contributed by atoms with Gasteiger partial charge >= 0.3 is 0 Å². The van der Waals surface area contributed by atoms with Crippen LogP contribution in [0.1, 0.15) is 144 Å². The van der Waals surface area contributed by atoms with Gasteiger partial charge in [-0.15, -0.1) is 11.8 Å². The molecule has 7 nitrogen and oxygen atoms in total. The zero-order chi connectivity index (χ0) is 35.4. The fourth-order valence-electron chi connectivity index (χ4n) is 11.5. The van der Waals surface area contributed by atoms with Gasteiger partial charge in [-0.2, -0.15) is 0 Å². The van der Waals surface area contributed by atoms with E-state index >= 15 is 0 Å². The second kappa shape index (κ2) is 17.0. The Kier molecular flexibility index (Phi) is 13.7. The van der Waals surface area contributed by atoms with Gasteiger partial charge in [-0.05, 0) is 116 Å². The van der Waals surface area contributed by atoms with E-state index in [1.807, 2.05) is 0 Å². The van der Waals surface area contributed by atoms with Gasteiger partial charge < -0.3 is 30.1 Å². The first-order chi connectivity index (χ1) is 23.3. The van der Waals surface area contributed by atoms with E-state index in [0.717, 1.165) is 80.0 Å². The average Bonchev–Trinajstić information content (AvgIpc) is 3.40. The molecule has 0 aromatic rings. The molecular weight excluding hydrogens is 635 g/mol. The van der Waals surface area contributed by atoms with Gasteiger partial charge in [-0.1, -0.05) is 78.4 Å². The Bertz CT molecular complexity index is 1120. The third-order valence-electron chi connectivity index (χ3n) is 14.1. The number of allylic oxidation sites excluding steroid dienone is 1. The Balaban J connectivity index is 1.02. The van der Waals surface area contributed by atoms with E-state index in [1.165, 1.54) is 82.9 Å². The van der Waals surface area contributed by atoms with Crippen LogP contribution in [-0.2, 0) is 14.3 Å². The van der Waals surface area contributed by atoms with Crippen LogP contribution in [0.2, 0.25) is 0 Å². The Labute approximate surface area is 302 Å². The summed E-state index contributed by atoms with van der Waals surface area (Å²) in [5.74, 6) is 5.64. The Hall–Kier alpha value is -0.640. The molecule has 1 unspecified atom stereocenters. The summed E-state index contributed by atoms with van der Waals surface area (Å²) in [5.41, 5.74) is 0.241. The smallest absolute Gasteiger partial charge is 0.219 e. The molecule has 1 amide bonds. The molecule has 0 radical (unpaired) electrons. The van der Waals surface area contributed by atoms with Crippen molar-refractivity contribution < 1.29 is 29.6 Å². The van der Waals surface area contributed by atoms with Crippen LogP contribution in [0.5, 0.6) is 0 Å². The molecule has 4 N–H and O–H groups in total. The van der Waals surface area contributed by atoms with E-state index in [1.54, 1.807) is 5.57 Å². The van der Waals surface area contributed by atoms with Crippen molar-refractivity contribution in [2.45, 2.75) is 174 Å². The Morgan fingerprint density at radius 3 is 2.55 bits per heavy atom. The highest BCUT2D eigenvalue weighted by Crippen LogP contribution is 2.67.